The van der Waals surface area contributed by atoms with Crippen LogP contribution in [-0.2, 0) is 19.7 Å². The quantitative estimate of drug-likeness (QED) is 0.651. The Morgan fingerprint density at radius 2 is 1.52 bits per heavy atom. The summed E-state index contributed by atoms with van der Waals surface area (Å²) in [5.74, 6) is 0. The predicted molar refractivity (Wildman–Crippen MR) is 130 cm³/mol. The molecule has 0 amide bonds. The van der Waals surface area contributed by atoms with Gasteiger partial charge in [-0.3, -0.25) is 0 Å². The SMILES string of the molecule is CC1C(S(=O)(=O)c2ccccc2)c2c(N3CCC(N4CCCCC4)CC3)cccc2S1(=O)=O. The standard InChI is InChI=1S/C25H32N2O4S2/c1-19-25(33(30,31)21-9-4-2-5-10-21)24-22(11-8-12-23(24)32(19,28)29)27-17-13-20(14-18-27)26-15-6-3-7-16-26/h2,4-5,8-12,19-20,25H,3,6-7,13-18H2,1H3. The zero-order valence-corrected chi connectivity index (χ0v) is 20.7. The molecule has 5 rings (SSSR count). The lowest BCUT2D eigenvalue weighted by atomic mass is 9.98. The van der Waals surface area contributed by atoms with E-state index in [2.05, 4.69) is 9.80 Å². The molecule has 0 N–H and O–H groups in total. The first-order valence-electron chi connectivity index (χ1n) is 12.0. The van der Waals surface area contributed by atoms with Crippen molar-refractivity contribution in [1.82, 2.24) is 4.90 Å². The van der Waals surface area contributed by atoms with Crippen molar-refractivity contribution < 1.29 is 16.8 Å². The van der Waals surface area contributed by atoms with Gasteiger partial charge in [-0.25, -0.2) is 16.8 Å². The minimum Gasteiger partial charge on any atom is -0.371 e. The fourth-order valence-electron chi connectivity index (χ4n) is 5.86. The van der Waals surface area contributed by atoms with Crippen molar-refractivity contribution in [2.45, 2.75) is 65.4 Å². The van der Waals surface area contributed by atoms with Gasteiger partial charge >= 0.3 is 0 Å². The van der Waals surface area contributed by atoms with Crippen molar-refractivity contribution in [2.75, 3.05) is 31.1 Å². The van der Waals surface area contributed by atoms with E-state index in [0.29, 0.717) is 11.6 Å². The van der Waals surface area contributed by atoms with Crippen LogP contribution in [-0.4, -0.2) is 59.2 Å². The van der Waals surface area contributed by atoms with Crippen LogP contribution < -0.4 is 4.90 Å². The molecule has 0 saturated carbocycles. The van der Waals surface area contributed by atoms with Gasteiger partial charge in [0.05, 0.1) is 15.0 Å². The highest BCUT2D eigenvalue weighted by atomic mass is 32.2. The van der Waals surface area contributed by atoms with Crippen LogP contribution in [0.2, 0.25) is 0 Å². The summed E-state index contributed by atoms with van der Waals surface area (Å²) in [4.78, 5) is 5.16. The lowest BCUT2D eigenvalue weighted by molar-refractivity contribution is 0.141. The second kappa shape index (κ2) is 8.71. The maximum Gasteiger partial charge on any atom is 0.186 e. The third-order valence-electron chi connectivity index (χ3n) is 7.67. The van der Waals surface area contributed by atoms with Crippen molar-refractivity contribution in [3.05, 3.63) is 54.1 Å². The number of fused-ring (bicyclic) bond motifs is 1. The molecule has 6 nitrogen and oxygen atoms in total. The van der Waals surface area contributed by atoms with E-state index in [4.69, 9.17) is 0 Å². The highest BCUT2D eigenvalue weighted by Gasteiger charge is 2.51. The largest absolute Gasteiger partial charge is 0.371 e. The van der Waals surface area contributed by atoms with Crippen molar-refractivity contribution >= 4 is 25.4 Å². The maximum atomic E-state index is 13.7. The first-order chi connectivity index (χ1) is 15.8. The van der Waals surface area contributed by atoms with Crippen LogP contribution in [0.3, 0.4) is 0 Å². The summed E-state index contributed by atoms with van der Waals surface area (Å²) in [5, 5.41) is -2.12. The molecular weight excluding hydrogens is 456 g/mol. The number of piperidine rings is 2. The molecule has 2 saturated heterocycles. The molecule has 0 radical (unpaired) electrons. The molecule has 0 spiro atoms. The molecule has 2 atom stereocenters. The molecule has 178 valence electrons. The normalized spacial score (nSPS) is 26.3. The fraction of sp³-hybridized carbons (Fsp3) is 0.520. The first-order valence-corrected chi connectivity index (χ1v) is 15.1. The topological polar surface area (TPSA) is 74.8 Å². The molecule has 3 heterocycles. The summed E-state index contributed by atoms with van der Waals surface area (Å²) >= 11 is 0. The summed E-state index contributed by atoms with van der Waals surface area (Å²) in [5.41, 5.74) is 1.23. The van der Waals surface area contributed by atoms with Gasteiger partial charge in [0, 0.05) is 30.4 Å². The first kappa shape index (κ1) is 22.9. The lowest BCUT2D eigenvalue weighted by Crippen LogP contribution is -2.47. The van der Waals surface area contributed by atoms with Crippen LogP contribution in [0.25, 0.3) is 0 Å². The summed E-state index contributed by atoms with van der Waals surface area (Å²) in [7, 11) is -7.60. The molecule has 2 aromatic carbocycles. The van der Waals surface area contributed by atoms with Gasteiger partial charge in [-0.2, -0.15) is 0 Å². The van der Waals surface area contributed by atoms with Crippen LogP contribution in [0, 0.1) is 0 Å². The lowest BCUT2D eigenvalue weighted by Gasteiger charge is -2.41. The van der Waals surface area contributed by atoms with E-state index in [-0.39, 0.29) is 9.79 Å². The number of sulfone groups is 2. The van der Waals surface area contributed by atoms with Crippen LogP contribution in [0.1, 0.15) is 49.8 Å². The van der Waals surface area contributed by atoms with E-state index in [1.807, 2.05) is 6.07 Å². The van der Waals surface area contributed by atoms with Gasteiger partial charge in [-0.05, 0) is 70.0 Å². The minimum absolute atomic E-state index is 0.170. The van der Waals surface area contributed by atoms with Gasteiger partial charge in [-0.15, -0.1) is 0 Å². The molecule has 0 bridgehead atoms. The molecule has 2 aromatic rings. The molecule has 2 fully saturated rings. The Labute approximate surface area is 197 Å². The Morgan fingerprint density at radius 3 is 2.18 bits per heavy atom. The molecule has 33 heavy (non-hydrogen) atoms. The van der Waals surface area contributed by atoms with Crippen LogP contribution in [0.4, 0.5) is 5.69 Å². The maximum absolute atomic E-state index is 13.7. The number of anilines is 1. The smallest absolute Gasteiger partial charge is 0.186 e. The van der Waals surface area contributed by atoms with Gasteiger partial charge in [0.25, 0.3) is 0 Å². The zero-order chi connectivity index (χ0) is 23.2. The average molecular weight is 489 g/mol. The number of hydrogen-bond acceptors (Lipinski definition) is 6. The zero-order valence-electron chi connectivity index (χ0n) is 19.1. The van der Waals surface area contributed by atoms with Crippen LogP contribution >= 0.6 is 0 Å². The minimum atomic E-state index is -3.88. The molecule has 0 aliphatic carbocycles. The summed E-state index contributed by atoms with van der Waals surface area (Å²) in [6.07, 6.45) is 5.88. The fourth-order valence-corrected chi connectivity index (χ4v) is 10.4. The molecular formula is C25H32N2O4S2. The summed E-state index contributed by atoms with van der Waals surface area (Å²) in [6, 6.07) is 14.0. The predicted octanol–water partition coefficient (Wildman–Crippen LogP) is 3.83. The number of nitrogens with zero attached hydrogens (tertiary/aromatic N) is 2. The van der Waals surface area contributed by atoms with Gasteiger partial charge in [0.2, 0.25) is 0 Å². The van der Waals surface area contributed by atoms with E-state index in [9.17, 15) is 16.8 Å². The van der Waals surface area contributed by atoms with Crippen LogP contribution in [0.5, 0.6) is 0 Å². The van der Waals surface area contributed by atoms with Crippen molar-refractivity contribution in [2.24, 2.45) is 0 Å². The Hall–Kier alpha value is -1.90. The monoisotopic (exact) mass is 488 g/mol. The Kier molecular flexibility index (Phi) is 6.04. The van der Waals surface area contributed by atoms with E-state index in [1.165, 1.54) is 39.3 Å². The van der Waals surface area contributed by atoms with Crippen molar-refractivity contribution in [3.8, 4) is 0 Å². The third kappa shape index (κ3) is 3.90. The van der Waals surface area contributed by atoms with Crippen molar-refractivity contribution in [1.29, 1.82) is 0 Å². The van der Waals surface area contributed by atoms with Crippen molar-refractivity contribution in [3.63, 3.8) is 0 Å². The van der Waals surface area contributed by atoms with Gasteiger partial charge < -0.3 is 9.80 Å². The highest BCUT2D eigenvalue weighted by Crippen LogP contribution is 2.50. The highest BCUT2D eigenvalue weighted by molar-refractivity contribution is 7.96. The molecule has 3 aliphatic heterocycles. The number of rotatable bonds is 4. The molecule has 0 aromatic heterocycles. The Morgan fingerprint density at radius 1 is 0.848 bits per heavy atom. The van der Waals surface area contributed by atoms with E-state index >= 15 is 0 Å². The van der Waals surface area contributed by atoms with E-state index < -0.39 is 30.2 Å². The molecule has 2 unspecified atom stereocenters. The summed E-state index contributed by atoms with van der Waals surface area (Å²) < 4.78 is 54.0. The van der Waals surface area contributed by atoms with Gasteiger partial charge in [0.1, 0.15) is 5.25 Å². The molecule has 8 heteroatoms. The third-order valence-corrected chi connectivity index (χ3v) is 12.3. The Bertz CT molecular complexity index is 1210. The average Bonchev–Trinajstić information content (AvgIpc) is 3.06. The number of hydrogen-bond donors (Lipinski definition) is 0. The van der Waals surface area contributed by atoms with E-state index in [0.717, 1.165) is 31.6 Å². The van der Waals surface area contributed by atoms with Crippen LogP contribution in [0.15, 0.2) is 58.3 Å². The summed E-state index contributed by atoms with van der Waals surface area (Å²) in [6.45, 7) is 5.48. The second-order valence-electron chi connectivity index (χ2n) is 9.53. The number of likely N-dealkylation sites (tertiary alicyclic amines) is 1. The Balaban J connectivity index is 1.51. The molecule has 3 aliphatic rings. The van der Waals surface area contributed by atoms with Gasteiger partial charge in [0.15, 0.2) is 19.7 Å². The number of benzene rings is 2. The second-order valence-corrected chi connectivity index (χ2v) is 13.9. The van der Waals surface area contributed by atoms with E-state index in [1.54, 1.807) is 42.5 Å². The van der Waals surface area contributed by atoms with Gasteiger partial charge in [-0.1, -0.05) is 30.7 Å².